The zero-order chi connectivity index (χ0) is 17.4. The fourth-order valence-electron chi connectivity index (χ4n) is 3.12. The van der Waals surface area contributed by atoms with Gasteiger partial charge in [0.05, 0.1) is 23.9 Å². The number of hydrogen-bond acceptors (Lipinski definition) is 5. The summed E-state index contributed by atoms with van der Waals surface area (Å²) in [4.78, 5) is 10.9. The smallest absolute Gasteiger partial charge is 0.245 e. The van der Waals surface area contributed by atoms with Crippen molar-refractivity contribution in [3.63, 3.8) is 0 Å². The van der Waals surface area contributed by atoms with E-state index in [4.69, 9.17) is 9.68 Å². The van der Waals surface area contributed by atoms with Crippen molar-refractivity contribution >= 4 is 5.69 Å². The zero-order valence-corrected chi connectivity index (χ0v) is 13.6. The molecule has 0 spiro atoms. The molecule has 1 atom stereocenters. The third-order valence-corrected chi connectivity index (χ3v) is 4.34. The van der Waals surface area contributed by atoms with E-state index in [2.05, 4.69) is 16.9 Å². The zero-order valence-electron chi connectivity index (χ0n) is 13.6. The van der Waals surface area contributed by atoms with E-state index >= 15 is 0 Å². The SMILES string of the molecule is CC1Cc2nc(-c3ccccn3)oc2CN1c1cc(F)cc(C#N)c1. The molecule has 2 aromatic heterocycles. The summed E-state index contributed by atoms with van der Waals surface area (Å²) in [5.41, 5.74) is 2.57. The summed E-state index contributed by atoms with van der Waals surface area (Å²) in [6.07, 6.45) is 2.38. The molecule has 0 fully saturated rings. The molecule has 0 saturated heterocycles. The van der Waals surface area contributed by atoms with Crippen molar-refractivity contribution in [1.82, 2.24) is 9.97 Å². The first-order valence-corrected chi connectivity index (χ1v) is 8.01. The second-order valence-corrected chi connectivity index (χ2v) is 6.09. The first-order valence-electron chi connectivity index (χ1n) is 8.01. The molecule has 1 unspecified atom stereocenters. The van der Waals surface area contributed by atoms with Gasteiger partial charge in [-0.05, 0) is 37.3 Å². The fourth-order valence-corrected chi connectivity index (χ4v) is 3.12. The third kappa shape index (κ3) is 2.85. The van der Waals surface area contributed by atoms with Crippen molar-refractivity contribution in [2.45, 2.75) is 25.9 Å². The molecular formula is C19H15FN4O. The Balaban J connectivity index is 1.69. The van der Waals surface area contributed by atoms with E-state index in [0.29, 0.717) is 35.8 Å². The van der Waals surface area contributed by atoms with E-state index in [9.17, 15) is 4.39 Å². The van der Waals surface area contributed by atoms with Crippen LogP contribution in [-0.2, 0) is 13.0 Å². The number of nitriles is 1. The summed E-state index contributed by atoms with van der Waals surface area (Å²) in [6.45, 7) is 2.53. The van der Waals surface area contributed by atoms with Crippen LogP contribution >= 0.6 is 0 Å². The van der Waals surface area contributed by atoms with Crippen LogP contribution in [0.3, 0.4) is 0 Å². The minimum atomic E-state index is -0.418. The molecule has 4 rings (SSSR count). The van der Waals surface area contributed by atoms with Crippen LogP contribution in [-0.4, -0.2) is 16.0 Å². The number of oxazole rings is 1. The Hall–Kier alpha value is -3.20. The molecule has 25 heavy (non-hydrogen) atoms. The van der Waals surface area contributed by atoms with Crippen LogP contribution in [0.5, 0.6) is 0 Å². The van der Waals surface area contributed by atoms with Gasteiger partial charge >= 0.3 is 0 Å². The molecule has 0 amide bonds. The molecule has 3 heterocycles. The predicted octanol–water partition coefficient (Wildman–Crippen LogP) is 3.70. The number of pyridine rings is 1. The van der Waals surface area contributed by atoms with Crippen molar-refractivity contribution in [3.05, 3.63) is 65.4 Å². The minimum absolute atomic E-state index is 0.113. The van der Waals surface area contributed by atoms with E-state index in [1.165, 1.54) is 12.1 Å². The molecule has 3 aromatic rings. The van der Waals surface area contributed by atoms with Crippen LogP contribution in [0.25, 0.3) is 11.6 Å². The van der Waals surface area contributed by atoms with Crippen LogP contribution in [0.4, 0.5) is 10.1 Å². The van der Waals surface area contributed by atoms with Gasteiger partial charge in [-0.2, -0.15) is 5.26 Å². The molecule has 1 aromatic carbocycles. The Bertz CT molecular complexity index is 961. The number of benzene rings is 1. The highest BCUT2D eigenvalue weighted by Gasteiger charge is 2.28. The van der Waals surface area contributed by atoms with E-state index in [-0.39, 0.29) is 6.04 Å². The third-order valence-electron chi connectivity index (χ3n) is 4.34. The normalized spacial score (nSPS) is 16.4. The molecule has 124 valence electrons. The first kappa shape index (κ1) is 15.3. The van der Waals surface area contributed by atoms with Crippen molar-refractivity contribution in [1.29, 1.82) is 5.26 Å². The highest BCUT2D eigenvalue weighted by molar-refractivity contribution is 5.55. The Labute approximate surface area is 144 Å². The maximum Gasteiger partial charge on any atom is 0.245 e. The Morgan fingerprint density at radius 3 is 2.96 bits per heavy atom. The van der Waals surface area contributed by atoms with Crippen LogP contribution in [0, 0.1) is 17.1 Å². The molecule has 0 saturated carbocycles. The van der Waals surface area contributed by atoms with Gasteiger partial charge < -0.3 is 9.32 Å². The van der Waals surface area contributed by atoms with Gasteiger partial charge in [-0.25, -0.2) is 9.37 Å². The molecule has 6 heteroatoms. The lowest BCUT2D eigenvalue weighted by molar-refractivity contribution is 0.468. The molecule has 0 N–H and O–H groups in total. The number of aromatic nitrogens is 2. The van der Waals surface area contributed by atoms with Gasteiger partial charge in [0.1, 0.15) is 17.3 Å². The topological polar surface area (TPSA) is 66.0 Å². The number of rotatable bonds is 2. The second kappa shape index (κ2) is 6.02. The Kier molecular flexibility index (Phi) is 3.69. The van der Waals surface area contributed by atoms with Gasteiger partial charge in [0.15, 0.2) is 0 Å². The van der Waals surface area contributed by atoms with Crippen molar-refractivity contribution in [2.75, 3.05) is 4.90 Å². The average molecular weight is 334 g/mol. The van der Waals surface area contributed by atoms with Gasteiger partial charge in [0, 0.05) is 24.3 Å². The summed E-state index contributed by atoms with van der Waals surface area (Å²) in [5, 5.41) is 9.07. The summed E-state index contributed by atoms with van der Waals surface area (Å²) in [5.74, 6) is 0.830. The van der Waals surface area contributed by atoms with Crippen molar-refractivity contribution in [2.24, 2.45) is 0 Å². The highest BCUT2D eigenvalue weighted by Crippen LogP contribution is 2.31. The number of anilines is 1. The lowest BCUT2D eigenvalue weighted by atomic mass is 10.0. The molecule has 1 aliphatic rings. The standard InChI is InChI=1S/C19H15FN4O/c1-12-6-17-18(25-19(23-17)16-4-2-3-5-22-16)11-24(12)15-8-13(10-21)7-14(20)9-15/h2-5,7-9,12H,6,11H2,1H3. The first-order chi connectivity index (χ1) is 12.1. The van der Waals surface area contributed by atoms with Crippen molar-refractivity contribution < 1.29 is 8.81 Å². The lowest BCUT2D eigenvalue weighted by Gasteiger charge is -2.34. The molecule has 1 aliphatic heterocycles. The van der Waals surface area contributed by atoms with Crippen LogP contribution < -0.4 is 4.90 Å². The number of halogens is 1. The number of nitrogens with zero attached hydrogens (tertiary/aromatic N) is 4. The largest absolute Gasteiger partial charge is 0.438 e. The molecular weight excluding hydrogens is 319 g/mol. The van der Waals surface area contributed by atoms with Gasteiger partial charge in [-0.15, -0.1) is 0 Å². The number of hydrogen-bond donors (Lipinski definition) is 0. The lowest BCUT2D eigenvalue weighted by Crippen LogP contribution is -2.38. The van der Waals surface area contributed by atoms with Gasteiger partial charge in [-0.1, -0.05) is 6.07 Å². The van der Waals surface area contributed by atoms with E-state index in [1.807, 2.05) is 29.2 Å². The van der Waals surface area contributed by atoms with E-state index in [0.717, 1.165) is 11.5 Å². The van der Waals surface area contributed by atoms with Gasteiger partial charge in [-0.3, -0.25) is 4.98 Å². The van der Waals surface area contributed by atoms with E-state index in [1.54, 1.807) is 12.3 Å². The maximum absolute atomic E-state index is 13.8. The fraction of sp³-hybridized carbons (Fsp3) is 0.211. The summed E-state index contributed by atoms with van der Waals surface area (Å²) < 4.78 is 19.7. The van der Waals surface area contributed by atoms with Crippen LogP contribution in [0.15, 0.2) is 47.0 Å². The summed E-state index contributed by atoms with van der Waals surface area (Å²) in [6, 6.07) is 12.1. The average Bonchev–Trinajstić information content (AvgIpc) is 3.04. The highest BCUT2D eigenvalue weighted by atomic mass is 19.1. The molecule has 0 radical (unpaired) electrons. The summed E-state index contributed by atoms with van der Waals surface area (Å²) in [7, 11) is 0. The predicted molar refractivity (Wildman–Crippen MR) is 90.2 cm³/mol. The van der Waals surface area contributed by atoms with Gasteiger partial charge in [0.2, 0.25) is 5.89 Å². The Morgan fingerprint density at radius 1 is 1.32 bits per heavy atom. The molecule has 5 nitrogen and oxygen atoms in total. The van der Waals surface area contributed by atoms with E-state index < -0.39 is 5.82 Å². The second-order valence-electron chi connectivity index (χ2n) is 6.09. The minimum Gasteiger partial charge on any atom is -0.438 e. The van der Waals surface area contributed by atoms with Crippen LogP contribution in [0.2, 0.25) is 0 Å². The maximum atomic E-state index is 13.8. The number of fused-ring (bicyclic) bond motifs is 1. The van der Waals surface area contributed by atoms with Crippen LogP contribution in [0.1, 0.15) is 23.9 Å². The molecule has 0 bridgehead atoms. The Morgan fingerprint density at radius 2 is 2.20 bits per heavy atom. The van der Waals surface area contributed by atoms with Crippen molar-refractivity contribution in [3.8, 4) is 17.7 Å². The van der Waals surface area contributed by atoms with Gasteiger partial charge in [0.25, 0.3) is 0 Å². The monoisotopic (exact) mass is 334 g/mol. The quantitative estimate of drug-likeness (QED) is 0.715. The molecule has 0 aliphatic carbocycles. The summed E-state index contributed by atoms with van der Waals surface area (Å²) >= 11 is 0.